The van der Waals surface area contributed by atoms with Crippen molar-refractivity contribution >= 4 is 0 Å². The molecule has 0 aliphatic heterocycles. The van der Waals surface area contributed by atoms with Crippen LogP contribution in [0.4, 0.5) is 0 Å². The molecule has 14 heavy (non-hydrogen) atoms. The molecule has 4 atom stereocenters. The number of hydrogen-bond donors (Lipinski definition) is 2. The molecule has 0 saturated heterocycles. The molecule has 4 N–H and O–H groups in total. The summed E-state index contributed by atoms with van der Waals surface area (Å²) in [6, 6.07) is 0. The second-order valence-electron chi connectivity index (χ2n) is 4.33. The standard InChI is InChI=1S/C12H24N2/c1-3-9-5-6-10(7-13)12(8-14)11(9)4-2/h5-6,9-12H,3-4,7-8,13-14H2,1-2H3. The van der Waals surface area contributed by atoms with Gasteiger partial charge in [-0.05, 0) is 43.2 Å². The van der Waals surface area contributed by atoms with Crippen LogP contribution in [0.1, 0.15) is 26.7 Å². The second-order valence-corrected chi connectivity index (χ2v) is 4.33. The van der Waals surface area contributed by atoms with Crippen molar-refractivity contribution in [3.05, 3.63) is 12.2 Å². The Labute approximate surface area is 87.7 Å². The molecule has 0 aromatic carbocycles. The maximum Gasteiger partial charge on any atom is -0.00109 e. The van der Waals surface area contributed by atoms with E-state index in [1.54, 1.807) is 0 Å². The van der Waals surface area contributed by atoms with Crippen molar-refractivity contribution in [2.75, 3.05) is 13.1 Å². The lowest BCUT2D eigenvalue weighted by Crippen LogP contribution is -2.39. The van der Waals surface area contributed by atoms with Crippen LogP contribution in [0.25, 0.3) is 0 Å². The van der Waals surface area contributed by atoms with E-state index in [9.17, 15) is 0 Å². The lowest BCUT2D eigenvalue weighted by Gasteiger charge is -2.38. The molecule has 0 spiro atoms. The Morgan fingerprint density at radius 3 is 1.93 bits per heavy atom. The van der Waals surface area contributed by atoms with Gasteiger partial charge >= 0.3 is 0 Å². The summed E-state index contributed by atoms with van der Waals surface area (Å²) in [5.41, 5.74) is 11.6. The van der Waals surface area contributed by atoms with Crippen molar-refractivity contribution in [3.63, 3.8) is 0 Å². The van der Waals surface area contributed by atoms with Gasteiger partial charge in [0.2, 0.25) is 0 Å². The number of nitrogens with two attached hydrogens (primary N) is 2. The van der Waals surface area contributed by atoms with Gasteiger partial charge < -0.3 is 11.5 Å². The van der Waals surface area contributed by atoms with Gasteiger partial charge in [0.25, 0.3) is 0 Å². The predicted octanol–water partition coefficient (Wildman–Crippen LogP) is 1.76. The summed E-state index contributed by atoms with van der Waals surface area (Å²) in [6.07, 6.45) is 7.10. The molecular formula is C12H24N2. The first-order valence-corrected chi connectivity index (χ1v) is 5.86. The molecule has 1 aliphatic rings. The second kappa shape index (κ2) is 5.52. The summed E-state index contributed by atoms with van der Waals surface area (Å²) >= 11 is 0. The van der Waals surface area contributed by atoms with Gasteiger partial charge in [0.15, 0.2) is 0 Å². The number of allylic oxidation sites excluding steroid dienone is 1. The zero-order chi connectivity index (χ0) is 10.6. The molecule has 2 heteroatoms. The molecule has 0 radical (unpaired) electrons. The van der Waals surface area contributed by atoms with Gasteiger partial charge in [-0.25, -0.2) is 0 Å². The molecule has 1 rings (SSSR count). The number of rotatable bonds is 4. The molecule has 0 fully saturated rings. The van der Waals surface area contributed by atoms with E-state index in [0.29, 0.717) is 11.8 Å². The average molecular weight is 196 g/mol. The van der Waals surface area contributed by atoms with Crippen LogP contribution in [0.15, 0.2) is 12.2 Å². The van der Waals surface area contributed by atoms with Crippen molar-refractivity contribution in [1.29, 1.82) is 0 Å². The van der Waals surface area contributed by atoms with E-state index in [4.69, 9.17) is 11.5 Å². The van der Waals surface area contributed by atoms with Crippen molar-refractivity contribution in [2.45, 2.75) is 26.7 Å². The monoisotopic (exact) mass is 196 g/mol. The molecule has 0 amide bonds. The summed E-state index contributed by atoms with van der Waals surface area (Å²) in [5, 5.41) is 0. The highest BCUT2D eigenvalue weighted by molar-refractivity contribution is 5.05. The summed E-state index contributed by atoms with van der Waals surface area (Å²) < 4.78 is 0. The van der Waals surface area contributed by atoms with Crippen LogP contribution in [0.2, 0.25) is 0 Å². The lowest BCUT2D eigenvalue weighted by atomic mass is 9.68. The summed E-state index contributed by atoms with van der Waals surface area (Å²) in [4.78, 5) is 0. The van der Waals surface area contributed by atoms with Crippen LogP contribution in [-0.2, 0) is 0 Å². The molecule has 0 bridgehead atoms. The van der Waals surface area contributed by atoms with E-state index < -0.39 is 0 Å². The minimum Gasteiger partial charge on any atom is -0.330 e. The molecular weight excluding hydrogens is 172 g/mol. The Balaban J connectivity index is 2.79. The average Bonchev–Trinajstić information content (AvgIpc) is 2.26. The normalized spacial score (nSPS) is 37.4. The Morgan fingerprint density at radius 2 is 1.50 bits per heavy atom. The van der Waals surface area contributed by atoms with Crippen LogP contribution in [0.3, 0.4) is 0 Å². The quantitative estimate of drug-likeness (QED) is 0.673. The third kappa shape index (κ3) is 2.18. The molecule has 4 unspecified atom stereocenters. The Kier molecular flexibility index (Phi) is 4.63. The third-order valence-electron chi connectivity index (χ3n) is 3.74. The fourth-order valence-corrected chi connectivity index (χ4v) is 2.85. The molecule has 0 aromatic rings. The van der Waals surface area contributed by atoms with E-state index in [1.165, 1.54) is 12.8 Å². The summed E-state index contributed by atoms with van der Waals surface area (Å²) in [5.74, 6) is 2.56. The van der Waals surface area contributed by atoms with Crippen molar-refractivity contribution < 1.29 is 0 Å². The maximum atomic E-state index is 5.86. The first-order chi connectivity index (χ1) is 6.78. The van der Waals surface area contributed by atoms with E-state index in [2.05, 4.69) is 26.0 Å². The molecule has 2 nitrogen and oxygen atoms in total. The van der Waals surface area contributed by atoms with Gasteiger partial charge in [-0.1, -0.05) is 32.4 Å². The van der Waals surface area contributed by atoms with Gasteiger partial charge in [-0.15, -0.1) is 0 Å². The van der Waals surface area contributed by atoms with Gasteiger partial charge in [0.1, 0.15) is 0 Å². The van der Waals surface area contributed by atoms with Gasteiger partial charge in [0, 0.05) is 0 Å². The highest BCUT2D eigenvalue weighted by Crippen LogP contribution is 2.36. The largest absolute Gasteiger partial charge is 0.330 e. The van der Waals surface area contributed by atoms with Gasteiger partial charge in [-0.3, -0.25) is 0 Å². The number of hydrogen-bond acceptors (Lipinski definition) is 2. The zero-order valence-electron chi connectivity index (χ0n) is 9.45. The van der Waals surface area contributed by atoms with E-state index in [0.717, 1.165) is 24.9 Å². The summed E-state index contributed by atoms with van der Waals surface area (Å²) in [6.45, 7) is 6.04. The van der Waals surface area contributed by atoms with Crippen LogP contribution in [-0.4, -0.2) is 13.1 Å². The molecule has 0 heterocycles. The lowest BCUT2D eigenvalue weighted by molar-refractivity contribution is 0.190. The van der Waals surface area contributed by atoms with E-state index in [1.807, 2.05) is 0 Å². The minimum absolute atomic E-state index is 0.507. The Bertz CT molecular complexity index is 169. The SMILES string of the molecule is CCC1C=CC(CN)C(CN)C1CC. The van der Waals surface area contributed by atoms with Crippen LogP contribution in [0, 0.1) is 23.7 Å². The molecule has 82 valence electrons. The third-order valence-corrected chi connectivity index (χ3v) is 3.74. The molecule has 1 aliphatic carbocycles. The topological polar surface area (TPSA) is 52.0 Å². The first-order valence-electron chi connectivity index (χ1n) is 5.86. The minimum atomic E-state index is 0.507. The van der Waals surface area contributed by atoms with E-state index >= 15 is 0 Å². The Morgan fingerprint density at radius 1 is 0.857 bits per heavy atom. The smallest absolute Gasteiger partial charge is 0.00109 e. The Hall–Kier alpha value is -0.340. The van der Waals surface area contributed by atoms with Gasteiger partial charge in [-0.2, -0.15) is 0 Å². The van der Waals surface area contributed by atoms with Crippen LogP contribution < -0.4 is 11.5 Å². The highest BCUT2D eigenvalue weighted by atomic mass is 14.6. The van der Waals surface area contributed by atoms with Crippen molar-refractivity contribution in [2.24, 2.45) is 35.1 Å². The van der Waals surface area contributed by atoms with Crippen LogP contribution in [0.5, 0.6) is 0 Å². The van der Waals surface area contributed by atoms with Gasteiger partial charge in [0.05, 0.1) is 0 Å². The van der Waals surface area contributed by atoms with Crippen molar-refractivity contribution in [1.82, 2.24) is 0 Å². The molecule has 0 saturated carbocycles. The fourth-order valence-electron chi connectivity index (χ4n) is 2.85. The molecule has 0 aromatic heterocycles. The first kappa shape index (κ1) is 11.7. The summed E-state index contributed by atoms with van der Waals surface area (Å²) in [7, 11) is 0. The highest BCUT2D eigenvalue weighted by Gasteiger charge is 2.32. The zero-order valence-corrected chi connectivity index (χ0v) is 9.45. The maximum absolute atomic E-state index is 5.86. The fraction of sp³-hybridized carbons (Fsp3) is 0.833. The van der Waals surface area contributed by atoms with Crippen LogP contribution >= 0.6 is 0 Å². The van der Waals surface area contributed by atoms with Crippen molar-refractivity contribution in [3.8, 4) is 0 Å². The predicted molar refractivity (Wildman–Crippen MR) is 61.8 cm³/mol. The van der Waals surface area contributed by atoms with E-state index in [-0.39, 0.29) is 0 Å².